The quantitative estimate of drug-likeness (QED) is 0.634. The predicted octanol–water partition coefficient (Wildman–Crippen LogP) is 2.74. The van der Waals surface area contributed by atoms with Gasteiger partial charge in [0.05, 0.1) is 24.2 Å². The maximum atomic E-state index is 12.0. The Kier molecular flexibility index (Phi) is 5.49. The molecule has 22 heavy (non-hydrogen) atoms. The van der Waals surface area contributed by atoms with Crippen LogP contribution in [0, 0.1) is 0 Å². The van der Waals surface area contributed by atoms with Crippen molar-refractivity contribution in [1.82, 2.24) is 5.32 Å². The number of carbonyl (C=O) groups is 1. The zero-order valence-electron chi connectivity index (χ0n) is 12.1. The van der Waals surface area contributed by atoms with Crippen LogP contribution in [0.3, 0.4) is 0 Å². The second-order valence-electron chi connectivity index (χ2n) is 4.52. The maximum Gasteiger partial charge on any atom is 0.252 e. The Labute approximate surface area is 134 Å². The number of nitrogens with one attached hydrogen (secondary N) is 1. The molecule has 0 saturated carbocycles. The second-order valence-corrected chi connectivity index (χ2v) is 4.93. The molecule has 0 aliphatic heterocycles. The number of methoxy groups -OCH3 is 1. The van der Waals surface area contributed by atoms with Gasteiger partial charge in [-0.2, -0.15) is 0 Å². The average molecular weight is 321 g/mol. The molecule has 0 aliphatic rings. The van der Waals surface area contributed by atoms with Crippen molar-refractivity contribution >= 4 is 23.2 Å². The molecule has 0 fully saturated rings. The largest absolute Gasteiger partial charge is 0.497 e. The lowest BCUT2D eigenvalue weighted by molar-refractivity contribution is 0.0947. The minimum atomic E-state index is -0.261. The van der Waals surface area contributed by atoms with E-state index < -0.39 is 0 Å². The third kappa shape index (κ3) is 4.30. The van der Waals surface area contributed by atoms with E-state index in [4.69, 9.17) is 26.8 Å². The van der Waals surface area contributed by atoms with Gasteiger partial charge in [-0.3, -0.25) is 4.79 Å². The van der Waals surface area contributed by atoms with Crippen molar-refractivity contribution in [3.63, 3.8) is 0 Å². The normalized spacial score (nSPS) is 10.1. The van der Waals surface area contributed by atoms with Crippen LogP contribution >= 0.6 is 11.6 Å². The molecule has 2 rings (SSSR count). The van der Waals surface area contributed by atoms with Gasteiger partial charge in [-0.15, -0.1) is 0 Å². The predicted molar refractivity (Wildman–Crippen MR) is 86.7 cm³/mol. The minimum Gasteiger partial charge on any atom is -0.497 e. The summed E-state index contributed by atoms with van der Waals surface area (Å²) in [6, 6.07) is 12.0. The molecule has 0 spiro atoms. The molecular formula is C16H17ClN2O3. The summed E-state index contributed by atoms with van der Waals surface area (Å²) in [6.45, 7) is 0.718. The highest BCUT2D eigenvalue weighted by atomic mass is 35.5. The van der Waals surface area contributed by atoms with Crippen LogP contribution in [0.4, 0.5) is 5.69 Å². The van der Waals surface area contributed by atoms with Crippen molar-refractivity contribution in [2.75, 3.05) is 26.0 Å². The zero-order valence-corrected chi connectivity index (χ0v) is 12.9. The van der Waals surface area contributed by atoms with Crippen molar-refractivity contribution in [2.45, 2.75) is 0 Å². The van der Waals surface area contributed by atoms with E-state index in [2.05, 4.69) is 5.32 Å². The van der Waals surface area contributed by atoms with Crippen molar-refractivity contribution in [2.24, 2.45) is 0 Å². The Morgan fingerprint density at radius 3 is 2.50 bits per heavy atom. The summed E-state index contributed by atoms with van der Waals surface area (Å²) in [7, 11) is 1.60. The molecule has 1 amide bonds. The Bertz CT molecular complexity index is 644. The number of nitrogen functional groups attached to an aromatic ring is 1. The van der Waals surface area contributed by atoms with E-state index in [1.807, 2.05) is 12.1 Å². The molecule has 0 heterocycles. The fourth-order valence-electron chi connectivity index (χ4n) is 1.82. The van der Waals surface area contributed by atoms with Crippen LogP contribution in [0.1, 0.15) is 10.4 Å². The van der Waals surface area contributed by atoms with Crippen molar-refractivity contribution in [3.05, 3.63) is 53.1 Å². The summed E-state index contributed by atoms with van der Waals surface area (Å²) in [5.41, 5.74) is 6.50. The van der Waals surface area contributed by atoms with Gasteiger partial charge >= 0.3 is 0 Å². The van der Waals surface area contributed by atoms with Gasteiger partial charge in [0, 0.05) is 5.69 Å². The number of hydrogen-bond donors (Lipinski definition) is 2. The van der Waals surface area contributed by atoms with Gasteiger partial charge in [0.15, 0.2) is 0 Å². The first-order valence-electron chi connectivity index (χ1n) is 6.70. The van der Waals surface area contributed by atoms with Crippen LogP contribution in [0.25, 0.3) is 0 Å². The molecule has 116 valence electrons. The first kappa shape index (κ1) is 16.0. The van der Waals surface area contributed by atoms with E-state index in [0.717, 1.165) is 5.75 Å². The molecular weight excluding hydrogens is 304 g/mol. The standard InChI is InChI=1S/C16H17ClN2O3/c1-21-12-3-5-13(6-4-12)22-9-8-19-16(20)14-7-2-11(18)10-15(14)17/h2-7,10H,8-9,18H2,1H3,(H,19,20). The molecule has 6 heteroatoms. The van der Waals surface area contributed by atoms with Crippen molar-refractivity contribution in [1.29, 1.82) is 0 Å². The smallest absolute Gasteiger partial charge is 0.252 e. The van der Waals surface area contributed by atoms with E-state index in [-0.39, 0.29) is 5.91 Å². The third-order valence-electron chi connectivity index (χ3n) is 2.95. The fourth-order valence-corrected chi connectivity index (χ4v) is 2.09. The summed E-state index contributed by atoms with van der Waals surface area (Å²) in [6.07, 6.45) is 0. The minimum absolute atomic E-state index is 0.261. The van der Waals surface area contributed by atoms with Crippen LogP contribution in [-0.4, -0.2) is 26.2 Å². The van der Waals surface area contributed by atoms with Crippen molar-refractivity contribution < 1.29 is 14.3 Å². The van der Waals surface area contributed by atoms with E-state index >= 15 is 0 Å². The number of benzene rings is 2. The van der Waals surface area contributed by atoms with Crippen LogP contribution < -0.4 is 20.5 Å². The van der Waals surface area contributed by atoms with Gasteiger partial charge < -0.3 is 20.5 Å². The highest BCUT2D eigenvalue weighted by Gasteiger charge is 2.09. The maximum absolute atomic E-state index is 12.0. The SMILES string of the molecule is COc1ccc(OCCNC(=O)c2ccc(N)cc2Cl)cc1. The highest BCUT2D eigenvalue weighted by Crippen LogP contribution is 2.19. The molecule has 0 unspecified atom stereocenters. The number of rotatable bonds is 6. The van der Waals surface area contributed by atoms with Crippen molar-refractivity contribution in [3.8, 4) is 11.5 Å². The molecule has 3 N–H and O–H groups in total. The molecule has 5 nitrogen and oxygen atoms in total. The summed E-state index contributed by atoms with van der Waals surface area (Å²) in [4.78, 5) is 12.0. The van der Waals surface area contributed by atoms with Gasteiger partial charge in [0.25, 0.3) is 5.91 Å². The lowest BCUT2D eigenvalue weighted by Crippen LogP contribution is -2.28. The van der Waals surface area contributed by atoms with Crippen LogP contribution in [0.5, 0.6) is 11.5 Å². The summed E-state index contributed by atoms with van der Waals surface area (Å²) < 4.78 is 10.6. The number of anilines is 1. The van der Waals surface area contributed by atoms with E-state index in [9.17, 15) is 4.79 Å². The van der Waals surface area contributed by atoms with Crippen LogP contribution in [-0.2, 0) is 0 Å². The fraction of sp³-hybridized carbons (Fsp3) is 0.188. The third-order valence-corrected chi connectivity index (χ3v) is 3.27. The molecule has 2 aromatic rings. The van der Waals surface area contributed by atoms with Crippen LogP contribution in [0.2, 0.25) is 5.02 Å². The van der Waals surface area contributed by atoms with Crippen LogP contribution in [0.15, 0.2) is 42.5 Å². The first-order valence-corrected chi connectivity index (χ1v) is 7.08. The lowest BCUT2D eigenvalue weighted by atomic mass is 10.2. The lowest BCUT2D eigenvalue weighted by Gasteiger charge is -2.09. The van der Waals surface area contributed by atoms with Gasteiger partial charge in [0.2, 0.25) is 0 Å². The van der Waals surface area contributed by atoms with Gasteiger partial charge in [-0.1, -0.05) is 11.6 Å². The Morgan fingerprint density at radius 2 is 1.86 bits per heavy atom. The zero-order chi connectivity index (χ0) is 15.9. The van der Waals surface area contributed by atoms with Gasteiger partial charge in [-0.25, -0.2) is 0 Å². The molecule has 0 aromatic heterocycles. The number of hydrogen-bond acceptors (Lipinski definition) is 4. The second kappa shape index (κ2) is 7.56. The number of carbonyl (C=O) groups excluding carboxylic acids is 1. The number of halogens is 1. The Balaban J connectivity index is 1.79. The summed E-state index contributed by atoms with van der Waals surface area (Å²) in [5.74, 6) is 1.21. The molecule has 0 saturated heterocycles. The summed E-state index contributed by atoms with van der Waals surface area (Å²) in [5, 5.41) is 3.07. The molecule has 0 aliphatic carbocycles. The Morgan fingerprint density at radius 1 is 1.18 bits per heavy atom. The molecule has 2 aromatic carbocycles. The average Bonchev–Trinajstić information content (AvgIpc) is 2.52. The monoisotopic (exact) mass is 320 g/mol. The summed E-state index contributed by atoms with van der Waals surface area (Å²) >= 11 is 5.98. The molecule has 0 atom stereocenters. The molecule has 0 bridgehead atoms. The number of amides is 1. The number of nitrogens with two attached hydrogens (primary N) is 1. The van der Waals surface area contributed by atoms with Gasteiger partial charge in [0.1, 0.15) is 18.1 Å². The van der Waals surface area contributed by atoms with Gasteiger partial charge in [-0.05, 0) is 42.5 Å². The first-order chi connectivity index (χ1) is 10.6. The highest BCUT2D eigenvalue weighted by molar-refractivity contribution is 6.34. The number of ether oxygens (including phenoxy) is 2. The Hall–Kier alpha value is -2.40. The van der Waals surface area contributed by atoms with E-state index in [1.54, 1.807) is 37.4 Å². The van der Waals surface area contributed by atoms with E-state index in [1.165, 1.54) is 0 Å². The molecule has 0 radical (unpaired) electrons. The topological polar surface area (TPSA) is 73.6 Å². The van der Waals surface area contributed by atoms with E-state index in [0.29, 0.717) is 35.2 Å².